The van der Waals surface area contributed by atoms with Crippen molar-refractivity contribution in [2.45, 2.75) is 50.4 Å². The molecule has 2 aliphatic rings. The number of rotatable bonds is 3. The van der Waals surface area contributed by atoms with Gasteiger partial charge in [0, 0.05) is 26.2 Å². The lowest BCUT2D eigenvalue weighted by atomic mass is 9.97. The Morgan fingerprint density at radius 2 is 1.69 bits per heavy atom. The summed E-state index contributed by atoms with van der Waals surface area (Å²) in [7, 11) is 3.00. The van der Waals surface area contributed by atoms with Gasteiger partial charge in [-0.05, 0) is 25.7 Å². The number of imidazole rings is 1. The molecule has 0 saturated carbocycles. The molecule has 0 radical (unpaired) electrons. The maximum absolute atomic E-state index is 13.2. The second-order valence-electron chi connectivity index (χ2n) is 7.91. The zero-order chi connectivity index (χ0) is 20.3. The first-order valence-electron chi connectivity index (χ1n) is 9.73. The average molecular weight is 398 g/mol. The van der Waals surface area contributed by atoms with Crippen LogP contribution < -0.4 is 11.2 Å². The predicted octanol–water partition coefficient (Wildman–Crippen LogP) is -0.580. The van der Waals surface area contributed by atoms with Crippen LogP contribution in [0.2, 0.25) is 0 Å². The third kappa shape index (κ3) is 2.64. The van der Waals surface area contributed by atoms with Gasteiger partial charge in [0.15, 0.2) is 11.2 Å². The SMILES string of the molecule is Cn1c(=O)c2c(ncn2CC(=O)N2C3CCC2CC(n2nccn2)C3)n(C)c1=O. The second-order valence-corrected chi connectivity index (χ2v) is 7.91. The first-order valence-corrected chi connectivity index (χ1v) is 9.73. The van der Waals surface area contributed by atoms with E-state index in [-0.39, 0.29) is 41.7 Å². The number of amides is 1. The van der Waals surface area contributed by atoms with E-state index in [1.807, 2.05) is 4.90 Å². The fourth-order valence-electron chi connectivity index (χ4n) is 4.90. The molecule has 2 atom stereocenters. The lowest BCUT2D eigenvalue weighted by Crippen LogP contribution is -2.48. The number of piperidine rings is 1. The zero-order valence-electron chi connectivity index (χ0n) is 16.3. The molecule has 152 valence electrons. The number of nitrogens with zero attached hydrogens (tertiary/aromatic N) is 8. The first kappa shape index (κ1) is 17.8. The first-order chi connectivity index (χ1) is 14.0. The van der Waals surface area contributed by atoms with Gasteiger partial charge in [0.25, 0.3) is 5.56 Å². The molecule has 2 aliphatic heterocycles. The fraction of sp³-hybridized carbons (Fsp3) is 0.556. The van der Waals surface area contributed by atoms with E-state index in [9.17, 15) is 14.4 Å². The van der Waals surface area contributed by atoms with E-state index in [2.05, 4.69) is 15.2 Å². The summed E-state index contributed by atoms with van der Waals surface area (Å²) in [6, 6.07) is 0.515. The van der Waals surface area contributed by atoms with E-state index in [0.717, 1.165) is 30.3 Å². The molecule has 2 bridgehead atoms. The van der Waals surface area contributed by atoms with Crippen LogP contribution in [0.3, 0.4) is 0 Å². The summed E-state index contributed by atoms with van der Waals surface area (Å²) < 4.78 is 3.92. The van der Waals surface area contributed by atoms with Gasteiger partial charge < -0.3 is 9.47 Å². The highest BCUT2D eigenvalue weighted by Crippen LogP contribution is 2.40. The quantitative estimate of drug-likeness (QED) is 0.583. The van der Waals surface area contributed by atoms with E-state index in [1.165, 1.54) is 17.9 Å². The lowest BCUT2D eigenvalue weighted by Gasteiger charge is -2.38. The standard InChI is InChI=1S/C18H22N8O3/c1-22-16-15(17(28)23(2)18(22)29)24(10-19-16)9-14(27)25-11-3-4-12(25)8-13(7-11)26-20-5-6-21-26/h5-6,10-13H,3-4,7-9H2,1-2H3. The maximum Gasteiger partial charge on any atom is 0.332 e. The normalized spacial score (nSPS) is 23.8. The number of fused-ring (bicyclic) bond motifs is 3. The van der Waals surface area contributed by atoms with Crippen LogP contribution in [0.1, 0.15) is 31.7 Å². The van der Waals surface area contributed by atoms with Crippen molar-refractivity contribution in [2.75, 3.05) is 0 Å². The monoisotopic (exact) mass is 398 g/mol. The highest BCUT2D eigenvalue weighted by Gasteiger charge is 2.44. The van der Waals surface area contributed by atoms with Crippen LogP contribution in [0.5, 0.6) is 0 Å². The topological polar surface area (TPSA) is 113 Å². The van der Waals surface area contributed by atoms with Crippen LogP contribution in [0.25, 0.3) is 11.2 Å². The van der Waals surface area contributed by atoms with Crippen molar-refractivity contribution in [1.29, 1.82) is 0 Å². The summed E-state index contributed by atoms with van der Waals surface area (Å²) in [5.74, 6) is -0.0282. The van der Waals surface area contributed by atoms with Crippen LogP contribution in [-0.4, -0.2) is 56.6 Å². The van der Waals surface area contributed by atoms with Gasteiger partial charge in [0.2, 0.25) is 5.91 Å². The molecule has 3 aromatic rings. The Morgan fingerprint density at radius 3 is 2.34 bits per heavy atom. The summed E-state index contributed by atoms with van der Waals surface area (Å²) in [6.45, 7) is 0.0294. The minimum Gasteiger partial charge on any atom is -0.335 e. The highest BCUT2D eigenvalue weighted by atomic mass is 16.2. The number of aryl methyl sites for hydroxylation is 1. The van der Waals surface area contributed by atoms with Crippen molar-refractivity contribution < 1.29 is 4.79 Å². The van der Waals surface area contributed by atoms with Crippen molar-refractivity contribution >= 4 is 17.1 Å². The molecular formula is C18H22N8O3. The van der Waals surface area contributed by atoms with Crippen molar-refractivity contribution in [1.82, 2.24) is 38.6 Å². The largest absolute Gasteiger partial charge is 0.335 e. The van der Waals surface area contributed by atoms with Gasteiger partial charge in [-0.3, -0.25) is 18.7 Å². The number of aromatic nitrogens is 7. The van der Waals surface area contributed by atoms with Crippen molar-refractivity contribution in [3.05, 3.63) is 39.6 Å². The molecule has 11 nitrogen and oxygen atoms in total. The van der Waals surface area contributed by atoms with Crippen LogP contribution >= 0.6 is 0 Å². The molecule has 5 rings (SSSR count). The Kier molecular flexibility index (Phi) is 3.93. The molecule has 0 N–H and O–H groups in total. The number of hydrogen-bond acceptors (Lipinski definition) is 6. The molecule has 1 amide bonds. The van der Waals surface area contributed by atoms with Crippen molar-refractivity contribution in [2.24, 2.45) is 14.1 Å². The summed E-state index contributed by atoms with van der Waals surface area (Å²) >= 11 is 0. The molecule has 0 aliphatic carbocycles. The number of carbonyl (C=O) groups excluding carboxylic acids is 1. The van der Waals surface area contributed by atoms with Gasteiger partial charge in [0.05, 0.1) is 24.8 Å². The predicted molar refractivity (Wildman–Crippen MR) is 102 cm³/mol. The van der Waals surface area contributed by atoms with Crippen molar-refractivity contribution in [3.8, 4) is 0 Å². The van der Waals surface area contributed by atoms with Gasteiger partial charge in [-0.1, -0.05) is 0 Å². The fourth-order valence-corrected chi connectivity index (χ4v) is 4.90. The third-order valence-electron chi connectivity index (χ3n) is 6.28. The van der Waals surface area contributed by atoms with Gasteiger partial charge in [-0.15, -0.1) is 0 Å². The van der Waals surface area contributed by atoms with Gasteiger partial charge in [-0.25, -0.2) is 9.78 Å². The van der Waals surface area contributed by atoms with E-state index in [1.54, 1.807) is 28.8 Å². The smallest absolute Gasteiger partial charge is 0.332 e. The highest BCUT2D eigenvalue weighted by molar-refractivity contribution is 5.80. The van der Waals surface area contributed by atoms with Gasteiger partial charge >= 0.3 is 5.69 Å². The lowest BCUT2D eigenvalue weighted by molar-refractivity contribution is -0.137. The average Bonchev–Trinajstić information content (AvgIpc) is 3.43. The molecule has 5 heterocycles. The van der Waals surface area contributed by atoms with Crippen LogP contribution in [0.4, 0.5) is 0 Å². The van der Waals surface area contributed by atoms with E-state index in [0.29, 0.717) is 0 Å². The molecule has 0 aromatic carbocycles. The number of carbonyl (C=O) groups is 1. The van der Waals surface area contributed by atoms with Gasteiger partial charge in [0.1, 0.15) is 6.54 Å². The Hall–Kier alpha value is -3.24. The Labute approximate surface area is 165 Å². The summed E-state index contributed by atoms with van der Waals surface area (Å²) in [4.78, 5) is 45.8. The van der Waals surface area contributed by atoms with Gasteiger partial charge in [-0.2, -0.15) is 15.0 Å². The molecule has 11 heteroatoms. The summed E-state index contributed by atoms with van der Waals surface area (Å²) in [6.07, 6.45) is 8.42. The van der Waals surface area contributed by atoms with Crippen LogP contribution in [0, 0.1) is 0 Å². The molecule has 0 spiro atoms. The zero-order valence-corrected chi connectivity index (χ0v) is 16.3. The molecule has 2 unspecified atom stereocenters. The summed E-state index contributed by atoms with van der Waals surface area (Å²) in [5, 5.41) is 8.52. The molecule has 2 saturated heterocycles. The van der Waals surface area contributed by atoms with E-state index in [4.69, 9.17) is 0 Å². The Bertz CT molecular complexity index is 1190. The molecule has 2 fully saturated rings. The minimum atomic E-state index is -0.445. The van der Waals surface area contributed by atoms with Crippen LogP contribution in [-0.2, 0) is 25.4 Å². The van der Waals surface area contributed by atoms with Crippen molar-refractivity contribution in [3.63, 3.8) is 0 Å². The maximum atomic E-state index is 13.2. The Morgan fingerprint density at radius 1 is 1.03 bits per heavy atom. The molecule has 29 heavy (non-hydrogen) atoms. The summed E-state index contributed by atoms with van der Waals surface area (Å²) in [5.41, 5.74) is -0.325. The third-order valence-corrected chi connectivity index (χ3v) is 6.28. The van der Waals surface area contributed by atoms with E-state index < -0.39 is 11.2 Å². The van der Waals surface area contributed by atoms with E-state index >= 15 is 0 Å². The molecule has 3 aromatic heterocycles. The van der Waals surface area contributed by atoms with Crippen LogP contribution in [0.15, 0.2) is 28.3 Å². The molecular weight excluding hydrogens is 376 g/mol. The Balaban J connectivity index is 1.42. The number of hydrogen-bond donors (Lipinski definition) is 0. The minimum absolute atomic E-state index is 0.0282. The second kappa shape index (κ2) is 6.39.